The number of amides is 1. The quantitative estimate of drug-likeness (QED) is 0.666. The fourth-order valence-electron chi connectivity index (χ4n) is 1.70. The van der Waals surface area contributed by atoms with Gasteiger partial charge in [0.1, 0.15) is 0 Å². The molecule has 5 nitrogen and oxygen atoms in total. The summed E-state index contributed by atoms with van der Waals surface area (Å²) >= 11 is 0. The summed E-state index contributed by atoms with van der Waals surface area (Å²) in [6.07, 6.45) is -2.56. The van der Waals surface area contributed by atoms with E-state index >= 15 is 0 Å². The Balaban J connectivity index is 3.09. The van der Waals surface area contributed by atoms with Crippen LogP contribution in [0.15, 0.2) is 18.2 Å². The molecule has 1 amide bonds. The summed E-state index contributed by atoms with van der Waals surface area (Å²) in [6.45, 7) is -0.815. The number of aliphatic hydroxyl groups excluding tert-OH is 1. The molecule has 0 aliphatic rings. The lowest BCUT2D eigenvalue weighted by Gasteiger charge is -2.25. The second-order valence-electron chi connectivity index (χ2n) is 3.91. The van der Waals surface area contributed by atoms with Gasteiger partial charge in [-0.05, 0) is 18.2 Å². The molecule has 1 aromatic carbocycles. The van der Waals surface area contributed by atoms with E-state index in [1.165, 1.54) is 30.1 Å². The average Bonchev–Trinajstić information content (AvgIpc) is 2.37. The Morgan fingerprint density at radius 1 is 1.53 bits per heavy atom. The van der Waals surface area contributed by atoms with Crippen LogP contribution < -0.4 is 16.0 Å². The number of carbonyl (C=O) groups excluding carboxylic acids is 1. The molecule has 19 heavy (non-hydrogen) atoms. The molecule has 0 radical (unpaired) electrons. The monoisotopic (exact) mass is 273 g/mol. The van der Waals surface area contributed by atoms with Gasteiger partial charge in [0.15, 0.2) is 0 Å². The highest BCUT2D eigenvalue weighted by molar-refractivity contribution is 5.96. The van der Waals surface area contributed by atoms with Gasteiger partial charge in [-0.25, -0.2) is 8.78 Å². The van der Waals surface area contributed by atoms with E-state index < -0.39 is 13.0 Å². The SMILES string of the molecule is CNC(=O)c1ccc(N)c(N(CCO)CC(F)F)c1. The van der Waals surface area contributed by atoms with E-state index in [4.69, 9.17) is 10.8 Å². The summed E-state index contributed by atoms with van der Waals surface area (Å²) in [5, 5.41) is 11.4. The molecule has 7 heteroatoms. The number of anilines is 2. The number of nitrogens with zero attached hydrogens (tertiary/aromatic N) is 1. The average molecular weight is 273 g/mol. The highest BCUT2D eigenvalue weighted by atomic mass is 19.3. The Kier molecular flexibility index (Phi) is 5.50. The summed E-state index contributed by atoms with van der Waals surface area (Å²) in [5.74, 6) is -0.331. The molecule has 0 spiro atoms. The van der Waals surface area contributed by atoms with Crippen molar-refractivity contribution >= 4 is 17.3 Å². The molecule has 0 aliphatic carbocycles. The van der Waals surface area contributed by atoms with Crippen molar-refractivity contribution in [2.45, 2.75) is 6.43 Å². The van der Waals surface area contributed by atoms with Gasteiger partial charge in [0.25, 0.3) is 12.3 Å². The van der Waals surface area contributed by atoms with E-state index in [0.717, 1.165) is 0 Å². The first-order valence-electron chi connectivity index (χ1n) is 5.75. The number of alkyl halides is 2. The number of nitrogens with one attached hydrogen (secondary N) is 1. The molecule has 1 aromatic rings. The van der Waals surface area contributed by atoms with Gasteiger partial charge in [0.05, 0.1) is 24.5 Å². The molecular formula is C12H17F2N3O2. The van der Waals surface area contributed by atoms with Crippen LogP contribution in [0.4, 0.5) is 20.2 Å². The van der Waals surface area contributed by atoms with Crippen molar-refractivity contribution in [3.05, 3.63) is 23.8 Å². The van der Waals surface area contributed by atoms with Crippen LogP contribution in [0.2, 0.25) is 0 Å². The lowest BCUT2D eigenvalue weighted by Crippen LogP contribution is -2.32. The number of hydrogen-bond acceptors (Lipinski definition) is 4. The van der Waals surface area contributed by atoms with Crippen molar-refractivity contribution in [2.75, 3.05) is 37.4 Å². The van der Waals surface area contributed by atoms with Gasteiger partial charge in [-0.2, -0.15) is 0 Å². The van der Waals surface area contributed by atoms with E-state index in [0.29, 0.717) is 11.3 Å². The molecule has 0 aromatic heterocycles. The minimum atomic E-state index is -2.56. The highest BCUT2D eigenvalue weighted by Gasteiger charge is 2.16. The second-order valence-corrected chi connectivity index (χ2v) is 3.91. The lowest BCUT2D eigenvalue weighted by molar-refractivity contribution is 0.0963. The van der Waals surface area contributed by atoms with E-state index in [9.17, 15) is 13.6 Å². The minimum absolute atomic E-state index is 0.0196. The third-order valence-corrected chi connectivity index (χ3v) is 2.59. The summed E-state index contributed by atoms with van der Waals surface area (Å²) in [7, 11) is 1.48. The van der Waals surface area contributed by atoms with Crippen LogP contribution in [-0.2, 0) is 0 Å². The standard InChI is InChI=1S/C12H17F2N3O2/c1-16-12(19)8-2-3-9(15)10(6-8)17(4-5-18)7-11(13)14/h2-3,6,11,18H,4-5,7,15H2,1H3,(H,16,19). The Bertz CT molecular complexity index is 441. The highest BCUT2D eigenvalue weighted by Crippen LogP contribution is 2.25. The molecular weight excluding hydrogens is 256 g/mol. The number of aliphatic hydroxyl groups is 1. The number of benzene rings is 1. The van der Waals surface area contributed by atoms with Crippen LogP contribution >= 0.6 is 0 Å². The van der Waals surface area contributed by atoms with Crippen LogP contribution in [0.1, 0.15) is 10.4 Å². The largest absolute Gasteiger partial charge is 0.397 e. The van der Waals surface area contributed by atoms with Crippen molar-refractivity contribution in [2.24, 2.45) is 0 Å². The van der Waals surface area contributed by atoms with E-state index in [-0.39, 0.29) is 24.7 Å². The van der Waals surface area contributed by atoms with Gasteiger partial charge < -0.3 is 21.1 Å². The first-order valence-corrected chi connectivity index (χ1v) is 5.75. The van der Waals surface area contributed by atoms with Crippen molar-refractivity contribution < 1.29 is 18.7 Å². The number of nitrogens with two attached hydrogens (primary N) is 1. The van der Waals surface area contributed by atoms with Crippen molar-refractivity contribution in [3.63, 3.8) is 0 Å². The zero-order chi connectivity index (χ0) is 14.4. The molecule has 106 valence electrons. The van der Waals surface area contributed by atoms with E-state index in [1.807, 2.05) is 0 Å². The summed E-state index contributed by atoms with van der Waals surface area (Å²) in [4.78, 5) is 12.8. The number of hydrogen-bond donors (Lipinski definition) is 3. The van der Waals surface area contributed by atoms with Crippen molar-refractivity contribution in [1.82, 2.24) is 5.32 Å². The smallest absolute Gasteiger partial charge is 0.255 e. The Morgan fingerprint density at radius 3 is 2.74 bits per heavy atom. The normalized spacial score (nSPS) is 10.6. The first kappa shape index (κ1) is 15.2. The van der Waals surface area contributed by atoms with Gasteiger partial charge >= 0.3 is 0 Å². The van der Waals surface area contributed by atoms with Crippen molar-refractivity contribution in [1.29, 1.82) is 0 Å². The minimum Gasteiger partial charge on any atom is -0.397 e. The summed E-state index contributed by atoms with van der Waals surface area (Å²) < 4.78 is 25.0. The zero-order valence-corrected chi connectivity index (χ0v) is 10.6. The second kappa shape index (κ2) is 6.89. The molecule has 0 saturated carbocycles. The Labute approximate surface area is 110 Å². The number of nitrogen functional groups attached to an aromatic ring is 1. The van der Waals surface area contributed by atoms with Crippen LogP contribution in [0.3, 0.4) is 0 Å². The number of halogens is 2. The number of rotatable bonds is 6. The molecule has 0 unspecified atom stereocenters. The molecule has 0 aliphatic heterocycles. The molecule has 0 atom stereocenters. The third kappa shape index (κ3) is 4.06. The van der Waals surface area contributed by atoms with Gasteiger partial charge in [0, 0.05) is 19.2 Å². The molecule has 0 bridgehead atoms. The topological polar surface area (TPSA) is 78.6 Å². The van der Waals surface area contributed by atoms with E-state index in [1.54, 1.807) is 0 Å². The Morgan fingerprint density at radius 2 is 2.21 bits per heavy atom. The summed E-state index contributed by atoms with van der Waals surface area (Å²) in [6, 6.07) is 4.43. The maximum absolute atomic E-state index is 12.5. The van der Waals surface area contributed by atoms with Gasteiger partial charge in [-0.1, -0.05) is 0 Å². The maximum Gasteiger partial charge on any atom is 0.255 e. The zero-order valence-electron chi connectivity index (χ0n) is 10.6. The van der Waals surface area contributed by atoms with Crippen LogP contribution in [0, 0.1) is 0 Å². The van der Waals surface area contributed by atoms with E-state index in [2.05, 4.69) is 5.32 Å². The molecule has 4 N–H and O–H groups in total. The molecule has 0 heterocycles. The molecule has 0 saturated heterocycles. The van der Waals surface area contributed by atoms with Crippen LogP contribution in [0.5, 0.6) is 0 Å². The summed E-state index contributed by atoms with van der Waals surface area (Å²) in [5.41, 5.74) is 6.66. The first-order chi connectivity index (χ1) is 8.99. The predicted molar refractivity (Wildman–Crippen MR) is 69.5 cm³/mol. The van der Waals surface area contributed by atoms with Gasteiger partial charge in [-0.3, -0.25) is 4.79 Å². The molecule has 0 fully saturated rings. The van der Waals surface area contributed by atoms with Crippen molar-refractivity contribution in [3.8, 4) is 0 Å². The van der Waals surface area contributed by atoms with Gasteiger partial charge in [-0.15, -0.1) is 0 Å². The van der Waals surface area contributed by atoms with Crippen LogP contribution in [0.25, 0.3) is 0 Å². The molecule has 1 rings (SSSR count). The maximum atomic E-state index is 12.5. The number of carbonyl (C=O) groups is 1. The van der Waals surface area contributed by atoms with Gasteiger partial charge in [0.2, 0.25) is 0 Å². The lowest BCUT2D eigenvalue weighted by atomic mass is 10.1. The predicted octanol–water partition coefficient (Wildman–Crippen LogP) is 0.692. The van der Waals surface area contributed by atoms with Crippen LogP contribution in [-0.4, -0.2) is 44.2 Å². The fourth-order valence-corrected chi connectivity index (χ4v) is 1.70. The third-order valence-electron chi connectivity index (χ3n) is 2.59. The Hall–Kier alpha value is -1.89. The fraction of sp³-hybridized carbons (Fsp3) is 0.417.